The Balaban J connectivity index is 1.95. The van der Waals surface area contributed by atoms with Gasteiger partial charge in [-0.05, 0) is 35.7 Å². The van der Waals surface area contributed by atoms with Crippen molar-refractivity contribution in [2.24, 2.45) is 7.05 Å². The molecule has 1 heterocycles. The fraction of sp³-hybridized carbons (Fsp3) is 0.312. The number of ketones is 1. The number of rotatable bonds is 5. The second-order valence-electron chi connectivity index (χ2n) is 4.94. The molecule has 0 spiro atoms. The Morgan fingerprint density at radius 1 is 1.21 bits per heavy atom. The highest BCUT2D eigenvalue weighted by atomic mass is 16.5. The van der Waals surface area contributed by atoms with E-state index in [4.69, 9.17) is 4.74 Å². The lowest BCUT2D eigenvalue weighted by atomic mass is 10.0. The summed E-state index contributed by atoms with van der Waals surface area (Å²) in [6.45, 7) is 4.36. The minimum Gasteiger partial charge on any atom is -0.485 e. The van der Waals surface area contributed by atoms with Gasteiger partial charge in [-0.2, -0.15) is 0 Å². The van der Waals surface area contributed by atoms with Crippen molar-refractivity contribution in [1.82, 2.24) is 4.57 Å². The fourth-order valence-corrected chi connectivity index (χ4v) is 1.92. The van der Waals surface area contributed by atoms with Crippen LogP contribution in [0.5, 0.6) is 5.75 Å². The summed E-state index contributed by atoms with van der Waals surface area (Å²) in [4.78, 5) is 11.9. The lowest BCUT2D eigenvalue weighted by Gasteiger charge is -2.08. The molecule has 100 valence electrons. The number of ether oxygens (including phenoxy) is 1. The molecule has 0 amide bonds. The first-order chi connectivity index (χ1) is 9.08. The van der Waals surface area contributed by atoms with Crippen LogP contribution in [-0.4, -0.2) is 17.0 Å². The quantitative estimate of drug-likeness (QED) is 0.769. The van der Waals surface area contributed by atoms with E-state index >= 15 is 0 Å². The Kier molecular flexibility index (Phi) is 4.05. The Morgan fingerprint density at radius 2 is 1.89 bits per heavy atom. The van der Waals surface area contributed by atoms with Crippen molar-refractivity contribution < 1.29 is 9.53 Å². The van der Waals surface area contributed by atoms with Crippen LogP contribution in [0.15, 0.2) is 42.6 Å². The molecule has 2 aromatic rings. The van der Waals surface area contributed by atoms with Crippen molar-refractivity contribution in [3.05, 3.63) is 53.9 Å². The summed E-state index contributed by atoms with van der Waals surface area (Å²) < 4.78 is 7.32. The SMILES string of the molecule is CC(C)c1ccc(OCC(=O)c2cccn2C)cc1. The average Bonchev–Trinajstić information content (AvgIpc) is 2.83. The third kappa shape index (κ3) is 3.25. The van der Waals surface area contributed by atoms with Crippen LogP contribution in [0.1, 0.15) is 35.8 Å². The lowest BCUT2D eigenvalue weighted by molar-refractivity contribution is 0.0913. The zero-order valence-electron chi connectivity index (χ0n) is 11.6. The summed E-state index contributed by atoms with van der Waals surface area (Å²) >= 11 is 0. The molecule has 1 aromatic heterocycles. The molecule has 0 unspecified atom stereocenters. The number of carbonyl (C=O) groups is 1. The van der Waals surface area contributed by atoms with E-state index in [-0.39, 0.29) is 12.4 Å². The smallest absolute Gasteiger partial charge is 0.216 e. The van der Waals surface area contributed by atoms with Crippen LogP contribution >= 0.6 is 0 Å². The molecule has 0 saturated carbocycles. The number of aromatic nitrogens is 1. The second kappa shape index (κ2) is 5.74. The van der Waals surface area contributed by atoms with E-state index in [1.165, 1.54) is 5.56 Å². The van der Waals surface area contributed by atoms with Crippen molar-refractivity contribution in [3.63, 3.8) is 0 Å². The van der Waals surface area contributed by atoms with Gasteiger partial charge in [-0.3, -0.25) is 4.79 Å². The molecule has 3 nitrogen and oxygen atoms in total. The van der Waals surface area contributed by atoms with E-state index in [0.29, 0.717) is 11.6 Å². The summed E-state index contributed by atoms with van der Waals surface area (Å²) in [7, 11) is 1.85. The molecule has 0 N–H and O–H groups in total. The molecule has 0 fully saturated rings. The lowest BCUT2D eigenvalue weighted by Crippen LogP contribution is -2.14. The Bertz CT molecular complexity index is 552. The number of benzene rings is 1. The molecular weight excluding hydrogens is 238 g/mol. The fourth-order valence-electron chi connectivity index (χ4n) is 1.92. The van der Waals surface area contributed by atoms with Crippen LogP contribution in [0.3, 0.4) is 0 Å². The summed E-state index contributed by atoms with van der Waals surface area (Å²) in [6.07, 6.45) is 1.85. The van der Waals surface area contributed by atoms with Crippen molar-refractivity contribution in [2.75, 3.05) is 6.61 Å². The third-order valence-electron chi connectivity index (χ3n) is 3.15. The molecule has 0 aliphatic rings. The number of carbonyl (C=O) groups excluding carboxylic acids is 1. The molecule has 3 heteroatoms. The van der Waals surface area contributed by atoms with Crippen molar-refractivity contribution in [2.45, 2.75) is 19.8 Å². The average molecular weight is 257 g/mol. The number of nitrogens with zero attached hydrogens (tertiary/aromatic N) is 1. The summed E-state index contributed by atoms with van der Waals surface area (Å²) in [5.41, 5.74) is 1.93. The maximum Gasteiger partial charge on any atom is 0.216 e. The topological polar surface area (TPSA) is 31.2 Å². The van der Waals surface area contributed by atoms with E-state index in [9.17, 15) is 4.79 Å². The van der Waals surface area contributed by atoms with Crippen molar-refractivity contribution in [3.8, 4) is 5.75 Å². The monoisotopic (exact) mass is 257 g/mol. The van der Waals surface area contributed by atoms with Gasteiger partial charge in [0.05, 0.1) is 5.69 Å². The van der Waals surface area contributed by atoms with Crippen LogP contribution in [-0.2, 0) is 7.05 Å². The van der Waals surface area contributed by atoms with E-state index in [2.05, 4.69) is 13.8 Å². The molecule has 0 aliphatic carbocycles. The molecule has 0 bridgehead atoms. The minimum absolute atomic E-state index is 0.0135. The molecule has 0 aliphatic heterocycles. The first-order valence-electron chi connectivity index (χ1n) is 6.45. The van der Waals surface area contributed by atoms with Crippen LogP contribution in [0.4, 0.5) is 0 Å². The molecule has 19 heavy (non-hydrogen) atoms. The van der Waals surface area contributed by atoms with Crippen molar-refractivity contribution in [1.29, 1.82) is 0 Å². The standard InChI is InChI=1S/C16H19NO2/c1-12(2)13-6-8-14(9-7-13)19-11-16(18)15-5-4-10-17(15)3/h4-10,12H,11H2,1-3H3. The predicted molar refractivity (Wildman–Crippen MR) is 75.8 cm³/mol. The molecule has 0 saturated heterocycles. The van der Waals surface area contributed by atoms with Gasteiger partial charge in [-0.1, -0.05) is 26.0 Å². The van der Waals surface area contributed by atoms with Crippen LogP contribution in [0.2, 0.25) is 0 Å². The summed E-state index contributed by atoms with van der Waals surface area (Å²) in [5.74, 6) is 1.21. The van der Waals surface area contributed by atoms with Gasteiger partial charge in [-0.25, -0.2) is 0 Å². The highest BCUT2D eigenvalue weighted by Crippen LogP contribution is 2.18. The number of aryl methyl sites for hydroxylation is 1. The van der Waals surface area contributed by atoms with Crippen LogP contribution < -0.4 is 4.74 Å². The number of hydrogen-bond acceptors (Lipinski definition) is 2. The van der Waals surface area contributed by atoms with E-state index < -0.39 is 0 Å². The largest absolute Gasteiger partial charge is 0.485 e. The molecular formula is C16H19NO2. The maximum atomic E-state index is 11.9. The Morgan fingerprint density at radius 3 is 2.42 bits per heavy atom. The molecule has 1 aromatic carbocycles. The van der Waals surface area contributed by atoms with E-state index in [1.807, 2.05) is 43.6 Å². The summed E-state index contributed by atoms with van der Waals surface area (Å²) in [6, 6.07) is 11.5. The summed E-state index contributed by atoms with van der Waals surface area (Å²) in [5, 5.41) is 0. The normalized spacial score (nSPS) is 10.7. The first kappa shape index (κ1) is 13.4. The highest BCUT2D eigenvalue weighted by Gasteiger charge is 2.09. The van der Waals surface area contributed by atoms with Crippen LogP contribution in [0, 0.1) is 0 Å². The van der Waals surface area contributed by atoms with Gasteiger partial charge in [0.2, 0.25) is 5.78 Å². The highest BCUT2D eigenvalue weighted by molar-refractivity contribution is 5.95. The zero-order chi connectivity index (χ0) is 13.8. The first-order valence-corrected chi connectivity index (χ1v) is 6.45. The van der Waals surface area contributed by atoms with Gasteiger partial charge in [-0.15, -0.1) is 0 Å². The molecule has 0 radical (unpaired) electrons. The van der Waals surface area contributed by atoms with E-state index in [1.54, 1.807) is 10.6 Å². The molecule has 0 atom stereocenters. The van der Waals surface area contributed by atoms with Crippen molar-refractivity contribution >= 4 is 5.78 Å². The molecule has 2 rings (SSSR count). The van der Waals surface area contributed by atoms with Gasteiger partial charge < -0.3 is 9.30 Å². The Hall–Kier alpha value is -2.03. The van der Waals surface area contributed by atoms with Gasteiger partial charge in [0, 0.05) is 13.2 Å². The predicted octanol–water partition coefficient (Wildman–Crippen LogP) is 3.41. The van der Waals surface area contributed by atoms with Gasteiger partial charge in [0.15, 0.2) is 6.61 Å². The van der Waals surface area contributed by atoms with Crippen LogP contribution in [0.25, 0.3) is 0 Å². The Labute approximate surface area is 113 Å². The number of Topliss-reactive ketones (excluding diaryl/α,β-unsaturated/α-hetero) is 1. The zero-order valence-corrected chi connectivity index (χ0v) is 11.6. The second-order valence-corrected chi connectivity index (χ2v) is 4.94. The third-order valence-corrected chi connectivity index (χ3v) is 3.15. The maximum absolute atomic E-state index is 11.9. The van der Waals surface area contributed by atoms with Gasteiger partial charge in [0.1, 0.15) is 5.75 Å². The number of hydrogen-bond donors (Lipinski definition) is 0. The van der Waals surface area contributed by atoms with Gasteiger partial charge >= 0.3 is 0 Å². The van der Waals surface area contributed by atoms with Gasteiger partial charge in [0.25, 0.3) is 0 Å². The van der Waals surface area contributed by atoms with E-state index in [0.717, 1.165) is 5.75 Å². The minimum atomic E-state index is -0.0135.